The Labute approximate surface area is 177 Å². The number of rotatable bonds is 5. The number of non-ortho nitro benzene ring substituents is 1. The number of hydrogen-bond acceptors (Lipinski definition) is 5. The Morgan fingerprint density at radius 1 is 1.23 bits per heavy atom. The van der Waals surface area contributed by atoms with Crippen LogP contribution in [0, 0.1) is 28.8 Å². The molecule has 0 aromatic heterocycles. The minimum absolute atomic E-state index is 0.0528. The molecule has 1 saturated heterocycles. The molecule has 0 saturated carbocycles. The first-order valence-corrected chi connectivity index (χ1v) is 10.9. The Kier molecular flexibility index (Phi) is 6.39. The number of benzene rings is 2. The standard InChI is InChI=1S/C19H19ClFN3O5S/c1-12-2-4-15(24(26)27)11-18(12)30(28,29)23-8-6-13(7-9-23)19(25)22-14-3-5-16(20)17(21)10-14/h2-5,10-11,13H,6-9H2,1H3,(H,22,25). The van der Waals surface area contributed by atoms with Crippen LogP contribution in [0.1, 0.15) is 18.4 Å². The number of anilines is 1. The van der Waals surface area contributed by atoms with E-state index in [1.165, 1.54) is 28.6 Å². The van der Waals surface area contributed by atoms with Gasteiger partial charge in [0.25, 0.3) is 5.69 Å². The zero-order valence-corrected chi connectivity index (χ0v) is 17.5. The van der Waals surface area contributed by atoms with Crippen LogP contribution in [0.2, 0.25) is 5.02 Å². The molecule has 1 aliphatic rings. The minimum atomic E-state index is -3.93. The lowest BCUT2D eigenvalue weighted by molar-refractivity contribution is -0.385. The molecule has 3 rings (SSSR count). The second-order valence-electron chi connectivity index (χ2n) is 7.00. The van der Waals surface area contributed by atoms with E-state index in [-0.39, 0.29) is 53.1 Å². The van der Waals surface area contributed by atoms with Crippen molar-refractivity contribution in [1.82, 2.24) is 4.31 Å². The van der Waals surface area contributed by atoms with Crippen molar-refractivity contribution in [3.63, 3.8) is 0 Å². The van der Waals surface area contributed by atoms with E-state index < -0.39 is 26.7 Å². The van der Waals surface area contributed by atoms with Crippen LogP contribution in [0.4, 0.5) is 15.8 Å². The number of halogens is 2. The number of nitrogens with zero attached hydrogens (tertiary/aromatic N) is 2. The number of nitro benzene ring substituents is 1. The third-order valence-corrected chi connectivity index (χ3v) is 7.36. The highest BCUT2D eigenvalue weighted by atomic mass is 35.5. The van der Waals surface area contributed by atoms with Crippen molar-refractivity contribution >= 4 is 38.9 Å². The van der Waals surface area contributed by atoms with Gasteiger partial charge in [-0.25, -0.2) is 12.8 Å². The van der Waals surface area contributed by atoms with Gasteiger partial charge >= 0.3 is 0 Å². The second-order valence-corrected chi connectivity index (χ2v) is 9.32. The number of amides is 1. The molecule has 11 heteroatoms. The Morgan fingerprint density at radius 3 is 2.50 bits per heavy atom. The van der Waals surface area contributed by atoms with E-state index in [0.29, 0.717) is 5.56 Å². The monoisotopic (exact) mass is 455 g/mol. The summed E-state index contributed by atoms with van der Waals surface area (Å²) in [5.41, 5.74) is 0.373. The Morgan fingerprint density at radius 2 is 1.90 bits per heavy atom. The first kappa shape index (κ1) is 22.1. The molecule has 0 aliphatic carbocycles. The highest BCUT2D eigenvalue weighted by Crippen LogP contribution is 2.29. The van der Waals surface area contributed by atoms with Gasteiger partial charge in [-0.15, -0.1) is 0 Å². The van der Waals surface area contributed by atoms with Crippen LogP contribution >= 0.6 is 11.6 Å². The van der Waals surface area contributed by atoms with Crippen molar-refractivity contribution in [2.45, 2.75) is 24.7 Å². The molecule has 0 atom stereocenters. The number of sulfonamides is 1. The molecule has 0 radical (unpaired) electrons. The Hall–Kier alpha value is -2.56. The fourth-order valence-corrected chi connectivity index (χ4v) is 5.13. The van der Waals surface area contributed by atoms with Crippen LogP contribution in [0.25, 0.3) is 0 Å². The summed E-state index contributed by atoms with van der Waals surface area (Å²) < 4.78 is 40.7. The van der Waals surface area contributed by atoms with E-state index in [1.807, 2.05) is 0 Å². The van der Waals surface area contributed by atoms with Crippen molar-refractivity contribution in [2.24, 2.45) is 5.92 Å². The summed E-state index contributed by atoms with van der Waals surface area (Å²) in [6, 6.07) is 7.64. The number of carbonyl (C=O) groups excluding carboxylic acids is 1. The van der Waals surface area contributed by atoms with Crippen molar-refractivity contribution in [1.29, 1.82) is 0 Å². The number of aryl methyl sites for hydroxylation is 1. The van der Waals surface area contributed by atoms with Gasteiger partial charge in [-0.05, 0) is 43.5 Å². The maximum Gasteiger partial charge on any atom is 0.270 e. The number of nitro groups is 1. The lowest BCUT2D eigenvalue weighted by Gasteiger charge is -2.30. The quantitative estimate of drug-likeness (QED) is 0.545. The lowest BCUT2D eigenvalue weighted by Crippen LogP contribution is -2.41. The summed E-state index contributed by atoms with van der Waals surface area (Å²) in [7, 11) is -3.93. The molecule has 160 valence electrons. The van der Waals surface area contributed by atoms with E-state index in [0.717, 1.165) is 12.1 Å². The SMILES string of the molecule is Cc1ccc([N+](=O)[O-])cc1S(=O)(=O)N1CCC(C(=O)Nc2ccc(Cl)c(F)c2)CC1. The maximum atomic E-state index is 13.5. The molecule has 0 unspecified atom stereocenters. The van der Waals surface area contributed by atoms with Crippen molar-refractivity contribution < 1.29 is 22.5 Å². The Balaban J connectivity index is 1.68. The summed E-state index contributed by atoms with van der Waals surface area (Å²) >= 11 is 5.63. The van der Waals surface area contributed by atoms with E-state index in [4.69, 9.17) is 11.6 Å². The molecule has 2 aromatic carbocycles. The van der Waals surface area contributed by atoms with Gasteiger partial charge < -0.3 is 5.32 Å². The summed E-state index contributed by atoms with van der Waals surface area (Å²) in [5.74, 6) is -1.43. The highest BCUT2D eigenvalue weighted by molar-refractivity contribution is 7.89. The van der Waals surface area contributed by atoms with Gasteiger partial charge in [0.05, 0.1) is 14.8 Å². The van der Waals surface area contributed by atoms with Crippen LogP contribution < -0.4 is 5.32 Å². The van der Waals surface area contributed by atoms with Gasteiger partial charge in [-0.1, -0.05) is 17.7 Å². The molecule has 8 nitrogen and oxygen atoms in total. The van der Waals surface area contributed by atoms with Gasteiger partial charge in [0.15, 0.2) is 0 Å². The third-order valence-electron chi connectivity index (χ3n) is 5.01. The molecule has 1 N–H and O–H groups in total. The fourth-order valence-electron chi connectivity index (χ4n) is 3.30. The molecule has 1 amide bonds. The molecule has 1 fully saturated rings. The molecule has 0 bridgehead atoms. The molecule has 1 heterocycles. The first-order valence-electron chi connectivity index (χ1n) is 9.10. The van der Waals surface area contributed by atoms with Crippen molar-refractivity contribution in [2.75, 3.05) is 18.4 Å². The third kappa shape index (κ3) is 4.61. The van der Waals surface area contributed by atoms with Gasteiger partial charge in [0.2, 0.25) is 15.9 Å². The number of carbonyl (C=O) groups is 1. The number of nitrogens with one attached hydrogen (secondary N) is 1. The molecule has 30 heavy (non-hydrogen) atoms. The van der Waals surface area contributed by atoms with Gasteiger partial charge in [-0.3, -0.25) is 14.9 Å². The van der Waals surface area contributed by atoms with E-state index in [1.54, 1.807) is 6.92 Å². The zero-order valence-electron chi connectivity index (χ0n) is 16.0. The predicted octanol–water partition coefficient (Wildman–Crippen LogP) is 3.74. The van der Waals surface area contributed by atoms with E-state index >= 15 is 0 Å². The lowest BCUT2D eigenvalue weighted by atomic mass is 9.97. The average Bonchev–Trinajstić information content (AvgIpc) is 2.70. The maximum absolute atomic E-state index is 13.5. The first-order chi connectivity index (χ1) is 14.1. The largest absolute Gasteiger partial charge is 0.326 e. The summed E-state index contributed by atoms with van der Waals surface area (Å²) in [6.07, 6.45) is 0.546. The molecular weight excluding hydrogens is 437 g/mol. The topological polar surface area (TPSA) is 110 Å². The van der Waals surface area contributed by atoms with E-state index in [9.17, 15) is 27.7 Å². The van der Waals surface area contributed by atoms with Crippen LogP contribution in [0.5, 0.6) is 0 Å². The average molecular weight is 456 g/mol. The highest BCUT2D eigenvalue weighted by Gasteiger charge is 2.33. The fraction of sp³-hybridized carbons (Fsp3) is 0.316. The second kappa shape index (κ2) is 8.66. The van der Waals surface area contributed by atoms with Crippen LogP contribution in [-0.2, 0) is 14.8 Å². The van der Waals surface area contributed by atoms with Crippen molar-refractivity contribution in [3.8, 4) is 0 Å². The van der Waals surface area contributed by atoms with Crippen molar-refractivity contribution in [3.05, 3.63) is 62.9 Å². The normalized spacial score (nSPS) is 15.7. The predicted molar refractivity (Wildman–Crippen MR) is 109 cm³/mol. The van der Waals surface area contributed by atoms with Crippen LogP contribution in [0.3, 0.4) is 0 Å². The van der Waals surface area contributed by atoms with Gasteiger partial charge in [0.1, 0.15) is 5.82 Å². The van der Waals surface area contributed by atoms with Crippen LogP contribution in [0.15, 0.2) is 41.3 Å². The summed E-state index contributed by atoms with van der Waals surface area (Å²) in [6.45, 7) is 1.76. The van der Waals surface area contributed by atoms with Gasteiger partial charge in [-0.2, -0.15) is 4.31 Å². The zero-order chi connectivity index (χ0) is 22.1. The molecule has 2 aromatic rings. The summed E-state index contributed by atoms with van der Waals surface area (Å²) in [5, 5.41) is 13.6. The molecule has 1 aliphatic heterocycles. The number of piperidine rings is 1. The van der Waals surface area contributed by atoms with Gasteiger partial charge in [0, 0.05) is 36.8 Å². The molecular formula is C19H19ClFN3O5S. The minimum Gasteiger partial charge on any atom is -0.326 e. The van der Waals surface area contributed by atoms with E-state index in [2.05, 4.69) is 5.32 Å². The Bertz CT molecular complexity index is 1100. The smallest absolute Gasteiger partial charge is 0.270 e. The molecule has 0 spiro atoms. The summed E-state index contributed by atoms with van der Waals surface area (Å²) in [4.78, 5) is 22.7. The number of hydrogen-bond donors (Lipinski definition) is 1. The van der Waals surface area contributed by atoms with Crippen LogP contribution in [-0.4, -0.2) is 36.6 Å².